The standard InChI is InChI=1S/C62H120NO8P/c1-3-5-7-9-11-13-15-17-19-20-21-22-23-24-25-26-27-28-29-30-31-32-33-34-35-36-37-38-39-40-41-43-45-47-49-51-53-55-62(65)71-60(59-70-72(66,67)69-57-56-63)58-68-61(64)54-52-50-48-46-44-42-18-16-14-12-10-8-6-4-2/h15,17,20-21,60H,3-14,16,18-19,22-59,63H2,1-2H3,(H,66,67)/b17-15-,21-20-. The molecule has 9 nitrogen and oxygen atoms in total. The maximum Gasteiger partial charge on any atom is 0.472 e. The van der Waals surface area contributed by atoms with Gasteiger partial charge in [0.25, 0.3) is 0 Å². The van der Waals surface area contributed by atoms with Crippen LogP contribution < -0.4 is 5.73 Å². The fourth-order valence-electron chi connectivity index (χ4n) is 9.44. The molecule has 0 aromatic rings. The van der Waals surface area contributed by atoms with E-state index < -0.39 is 26.5 Å². The molecule has 0 spiro atoms. The summed E-state index contributed by atoms with van der Waals surface area (Å²) in [4.78, 5) is 35.1. The molecular formula is C62H120NO8P. The number of nitrogens with two attached hydrogens (primary N) is 1. The van der Waals surface area contributed by atoms with E-state index in [1.165, 1.54) is 257 Å². The van der Waals surface area contributed by atoms with Gasteiger partial charge in [-0.2, -0.15) is 0 Å². The molecule has 10 heteroatoms. The summed E-state index contributed by atoms with van der Waals surface area (Å²) in [6, 6.07) is 0. The molecule has 2 atom stereocenters. The van der Waals surface area contributed by atoms with Crippen LogP contribution in [0.25, 0.3) is 0 Å². The number of phosphoric acid groups is 1. The van der Waals surface area contributed by atoms with Crippen molar-refractivity contribution < 1.29 is 37.6 Å². The van der Waals surface area contributed by atoms with Gasteiger partial charge in [-0.15, -0.1) is 0 Å². The van der Waals surface area contributed by atoms with Gasteiger partial charge < -0.3 is 20.1 Å². The lowest BCUT2D eigenvalue weighted by molar-refractivity contribution is -0.161. The number of hydrogen-bond donors (Lipinski definition) is 2. The summed E-state index contributed by atoms with van der Waals surface area (Å²) >= 11 is 0. The molecule has 0 radical (unpaired) electrons. The fraction of sp³-hybridized carbons (Fsp3) is 0.903. The molecule has 0 heterocycles. The summed E-state index contributed by atoms with van der Waals surface area (Å²) in [5, 5.41) is 0. The molecule has 0 fully saturated rings. The molecule has 0 aliphatic heterocycles. The van der Waals surface area contributed by atoms with Crippen LogP contribution in [-0.2, 0) is 32.7 Å². The van der Waals surface area contributed by atoms with Gasteiger partial charge in [0.15, 0.2) is 6.10 Å². The first-order valence-corrected chi connectivity index (χ1v) is 32.8. The van der Waals surface area contributed by atoms with Gasteiger partial charge in [-0.25, -0.2) is 4.57 Å². The molecule has 2 unspecified atom stereocenters. The van der Waals surface area contributed by atoms with Crippen molar-refractivity contribution in [3.05, 3.63) is 24.3 Å². The van der Waals surface area contributed by atoms with E-state index in [-0.39, 0.29) is 38.6 Å². The number of rotatable bonds is 60. The number of esters is 2. The third-order valence-corrected chi connectivity index (χ3v) is 15.1. The van der Waals surface area contributed by atoms with Crippen LogP contribution >= 0.6 is 7.82 Å². The molecule has 0 aliphatic carbocycles. The van der Waals surface area contributed by atoms with Crippen molar-refractivity contribution in [1.29, 1.82) is 0 Å². The Labute approximate surface area is 446 Å². The molecule has 0 aliphatic rings. The van der Waals surface area contributed by atoms with E-state index in [1.54, 1.807) is 0 Å². The number of ether oxygens (including phenoxy) is 2. The molecule has 0 amide bonds. The molecule has 426 valence electrons. The topological polar surface area (TPSA) is 134 Å². The van der Waals surface area contributed by atoms with Crippen molar-refractivity contribution in [1.82, 2.24) is 0 Å². The van der Waals surface area contributed by atoms with Crippen LogP contribution in [-0.4, -0.2) is 49.3 Å². The predicted molar refractivity (Wildman–Crippen MR) is 307 cm³/mol. The maximum absolute atomic E-state index is 12.7. The van der Waals surface area contributed by atoms with Gasteiger partial charge in [0, 0.05) is 19.4 Å². The van der Waals surface area contributed by atoms with Crippen molar-refractivity contribution >= 4 is 19.8 Å². The summed E-state index contributed by atoms with van der Waals surface area (Å²) in [7, 11) is -4.38. The predicted octanol–water partition coefficient (Wildman–Crippen LogP) is 19.8. The van der Waals surface area contributed by atoms with Gasteiger partial charge in [-0.3, -0.25) is 18.6 Å². The van der Waals surface area contributed by atoms with Crippen molar-refractivity contribution in [3.63, 3.8) is 0 Å². The Morgan fingerprint density at radius 3 is 1.06 bits per heavy atom. The summed E-state index contributed by atoms with van der Waals surface area (Å²) in [5.74, 6) is -0.807. The van der Waals surface area contributed by atoms with E-state index in [0.717, 1.165) is 38.5 Å². The Kier molecular flexibility index (Phi) is 57.5. The molecule has 0 aromatic heterocycles. The highest BCUT2D eigenvalue weighted by Gasteiger charge is 2.26. The van der Waals surface area contributed by atoms with Gasteiger partial charge in [-0.05, 0) is 44.9 Å². The molecule has 0 aromatic carbocycles. The lowest BCUT2D eigenvalue weighted by atomic mass is 10.0. The number of phosphoric ester groups is 1. The van der Waals surface area contributed by atoms with Crippen LogP contribution in [0.15, 0.2) is 24.3 Å². The van der Waals surface area contributed by atoms with Crippen molar-refractivity contribution in [2.24, 2.45) is 5.73 Å². The zero-order chi connectivity index (χ0) is 52.4. The monoisotopic (exact) mass is 1040 g/mol. The summed E-state index contributed by atoms with van der Waals surface area (Å²) < 4.78 is 33.0. The Hall–Kier alpha value is -1.51. The van der Waals surface area contributed by atoms with Gasteiger partial charge in [-0.1, -0.05) is 295 Å². The highest BCUT2D eigenvalue weighted by Crippen LogP contribution is 2.43. The normalized spacial score (nSPS) is 13.1. The van der Waals surface area contributed by atoms with Crippen molar-refractivity contribution in [2.75, 3.05) is 26.4 Å². The maximum atomic E-state index is 12.7. The number of unbranched alkanes of at least 4 members (excludes halogenated alkanes) is 43. The Morgan fingerprint density at radius 1 is 0.417 bits per heavy atom. The van der Waals surface area contributed by atoms with Crippen LogP contribution in [0, 0.1) is 0 Å². The number of carbonyl (C=O) groups excluding carboxylic acids is 2. The first kappa shape index (κ1) is 70.5. The van der Waals surface area contributed by atoms with Gasteiger partial charge >= 0.3 is 19.8 Å². The van der Waals surface area contributed by atoms with Crippen LogP contribution in [0.1, 0.15) is 328 Å². The van der Waals surface area contributed by atoms with Crippen LogP contribution in [0.2, 0.25) is 0 Å². The minimum absolute atomic E-state index is 0.0572. The lowest BCUT2D eigenvalue weighted by Crippen LogP contribution is -2.29. The SMILES string of the molecule is CCCCCCC/C=C\C/C=C\CCCCCCCCCCCCCCCCCCCCCCCCCCCC(=O)OC(COC(=O)CCCCCCCCCCCCCCCC)COP(=O)(O)OCCN. The zero-order valence-corrected chi connectivity index (χ0v) is 48.6. The second kappa shape index (κ2) is 58.7. The largest absolute Gasteiger partial charge is 0.472 e. The zero-order valence-electron chi connectivity index (χ0n) is 47.7. The number of carbonyl (C=O) groups is 2. The van der Waals surface area contributed by atoms with Gasteiger partial charge in [0.05, 0.1) is 13.2 Å². The molecule has 0 bridgehead atoms. The molecule has 3 N–H and O–H groups in total. The Bertz CT molecular complexity index is 1230. The summed E-state index contributed by atoms with van der Waals surface area (Å²) in [6.07, 6.45) is 69.8. The van der Waals surface area contributed by atoms with E-state index in [2.05, 4.69) is 38.2 Å². The van der Waals surface area contributed by atoms with Crippen LogP contribution in [0.5, 0.6) is 0 Å². The first-order chi connectivity index (χ1) is 35.3. The van der Waals surface area contributed by atoms with Crippen molar-refractivity contribution in [3.8, 4) is 0 Å². The molecule has 72 heavy (non-hydrogen) atoms. The second-order valence-corrected chi connectivity index (χ2v) is 22.7. The van der Waals surface area contributed by atoms with Crippen LogP contribution in [0.3, 0.4) is 0 Å². The second-order valence-electron chi connectivity index (χ2n) is 21.3. The highest BCUT2D eigenvalue weighted by atomic mass is 31.2. The number of allylic oxidation sites excluding steroid dienone is 4. The van der Waals surface area contributed by atoms with E-state index in [1.807, 2.05) is 0 Å². The van der Waals surface area contributed by atoms with E-state index >= 15 is 0 Å². The minimum Gasteiger partial charge on any atom is -0.462 e. The van der Waals surface area contributed by atoms with Crippen LogP contribution in [0.4, 0.5) is 0 Å². The fourth-order valence-corrected chi connectivity index (χ4v) is 10.2. The first-order valence-electron chi connectivity index (χ1n) is 31.3. The number of hydrogen-bond acceptors (Lipinski definition) is 8. The third-order valence-electron chi connectivity index (χ3n) is 14.1. The lowest BCUT2D eigenvalue weighted by Gasteiger charge is -2.19. The van der Waals surface area contributed by atoms with E-state index in [4.69, 9.17) is 24.3 Å². The summed E-state index contributed by atoms with van der Waals surface area (Å²) in [6.45, 7) is 3.79. The minimum atomic E-state index is -4.38. The van der Waals surface area contributed by atoms with Crippen molar-refractivity contribution in [2.45, 2.75) is 335 Å². The van der Waals surface area contributed by atoms with Gasteiger partial charge in [0.2, 0.25) is 0 Å². The average Bonchev–Trinajstić information content (AvgIpc) is 3.37. The Balaban J connectivity index is 3.75. The smallest absolute Gasteiger partial charge is 0.462 e. The Morgan fingerprint density at radius 2 is 0.722 bits per heavy atom. The van der Waals surface area contributed by atoms with Gasteiger partial charge in [0.1, 0.15) is 6.61 Å². The molecule has 0 saturated heterocycles. The summed E-state index contributed by atoms with van der Waals surface area (Å²) in [5.41, 5.74) is 5.38. The molecule has 0 saturated carbocycles. The van der Waals surface area contributed by atoms with E-state index in [0.29, 0.717) is 6.42 Å². The highest BCUT2D eigenvalue weighted by molar-refractivity contribution is 7.47. The quantitative estimate of drug-likeness (QED) is 0.0264. The molecular weight excluding hydrogens is 918 g/mol. The third kappa shape index (κ3) is 57.8. The van der Waals surface area contributed by atoms with E-state index in [9.17, 15) is 19.0 Å². The molecule has 0 rings (SSSR count). The average molecular weight is 1040 g/mol.